The van der Waals surface area contributed by atoms with Gasteiger partial charge in [0.2, 0.25) is 0 Å². The number of rotatable bonds is 5. The van der Waals surface area contributed by atoms with Crippen LogP contribution in [0.3, 0.4) is 0 Å². The predicted molar refractivity (Wildman–Crippen MR) is 73.0 cm³/mol. The molecule has 0 radical (unpaired) electrons. The number of nitro groups is 1. The zero-order chi connectivity index (χ0) is 13.7. The van der Waals surface area contributed by atoms with E-state index in [4.69, 9.17) is 4.74 Å². The van der Waals surface area contributed by atoms with Gasteiger partial charge in [0.15, 0.2) is 0 Å². The van der Waals surface area contributed by atoms with Crippen LogP contribution in [0.5, 0.6) is 0 Å². The summed E-state index contributed by atoms with van der Waals surface area (Å²) < 4.78 is 5.39. The Morgan fingerprint density at radius 3 is 2.47 bits per heavy atom. The van der Waals surface area contributed by atoms with Crippen LogP contribution in [-0.2, 0) is 11.3 Å². The Kier molecular flexibility index (Phi) is 4.87. The summed E-state index contributed by atoms with van der Waals surface area (Å²) in [6, 6.07) is 7.41. The van der Waals surface area contributed by atoms with E-state index in [0.717, 1.165) is 44.7 Å². The van der Waals surface area contributed by atoms with E-state index in [9.17, 15) is 10.1 Å². The maximum Gasteiger partial charge on any atom is 0.269 e. The van der Waals surface area contributed by atoms with Crippen molar-refractivity contribution in [3.8, 4) is 0 Å². The van der Waals surface area contributed by atoms with Crippen molar-refractivity contribution in [3.63, 3.8) is 0 Å². The van der Waals surface area contributed by atoms with Gasteiger partial charge in [-0.3, -0.25) is 15.0 Å². The monoisotopic (exact) mass is 264 g/mol. The molecule has 0 aromatic heterocycles. The molecule has 5 heteroatoms. The molecule has 1 aromatic carbocycles. The summed E-state index contributed by atoms with van der Waals surface area (Å²) in [6.45, 7) is 5.66. The van der Waals surface area contributed by atoms with Gasteiger partial charge < -0.3 is 4.74 Å². The van der Waals surface area contributed by atoms with Crippen molar-refractivity contribution >= 4 is 5.69 Å². The Morgan fingerprint density at radius 1 is 1.32 bits per heavy atom. The standard InChI is InChI=1S/C14H20N2O3/c1-2-15(13-7-9-19-10-8-13)11-12-3-5-14(6-4-12)16(17)18/h3-6,13H,2,7-11H2,1H3. The van der Waals surface area contributed by atoms with Gasteiger partial charge in [0.1, 0.15) is 0 Å². The molecule has 1 aromatic rings. The molecule has 1 aliphatic rings. The smallest absolute Gasteiger partial charge is 0.269 e. The first-order chi connectivity index (χ1) is 9.20. The second-order valence-electron chi connectivity index (χ2n) is 4.83. The van der Waals surface area contributed by atoms with E-state index in [1.54, 1.807) is 12.1 Å². The van der Waals surface area contributed by atoms with Crippen molar-refractivity contribution in [1.82, 2.24) is 4.90 Å². The summed E-state index contributed by atoms with van der Waals surface area (Å²) >= 11 is 0. The van der Waals surface area contributed by atoms with Crippen LogP contribution >= 0.6 is 0 Å². The average molecular weight is 264 g/mol. The molecule has 1 aliphatic heterocycles. The quantitative estimate of drug-likeness (QED) is 0.606. The largest absolute Gasteiger partial charge is 0.381 e. The van der Waals surface area contributed by atoms with Gasteiger partial charge in [0.05, 0.1) is 4.92 Å². The number of hydrogen-bond acceptors (Lipinski definition) is 4. The van der Waals surface area contributed by atoms with Crippen molar-refractivity contribution in [2.45, 2.75) is 32.4 Å². The van der Waals surface area contributed by atoms with Gasteiger partial charge >= 0.3 is 0 Å². The first-order valence-electron chi connectivity index (χ1n) is 6.76. The van der Waals surface area contributed by atoms with Gasteiger partial charge in [-0.1, -0.05) is 19.1 Å². The second kappa shape index (κ2) is 6.63. The molecule has 5 nitrogen and oxygen atoms in total. The van der Waals surface area contributed by atoms with Crippen LogP contribution in [0.1, 0.15) is 25.3 Å². The highest BCUT2D eigenvalue weighted by Gasteiger charge is 2.20. The first-order valence-corrected chi connectivity index (χ1v) is 6.76. The fourth-order valence-electron chi connectivity index (χ4n) is 2.51. The Balaban J connectivity index is 1.99. The summed E-state index contributed by atoms with van der Waals surface area (Å²) in [6.07, 6.45) is 2.14. The molecule has 0 atom stereocenters. The normalized spacial score (nSPS) is 16.7. The zero-order valence-corrected chi connectivity index (χ0v) is 11.2. The van der Waals surface area contributed by atoms with Crippen molar-refractivity contribution < 1.29 is 9.66 Å². The summed E-state index contributed by atoms with van der Waals surface area (Å²) in [5.41, 5.74) is 1.27. The summed E-state index contributed by atoms with van der Waals surface area (Å²) in [7, 11) is 0. The minimum absolute atomic E-state index is 0.151. The van der Waals surface area contributed by atoms with Crippen LogP contribution in [0.15, 0.2) is 24.3 Å². The molecular formula is C14H20N2O3. The van der Waals surface area contributed by atoms with Crippen molar-refractivity contribution in [1.29, 1.82) is 0 Å². The van der Waals surface area contributed by atoms with E-state index in [2.05, 4.69) is 11.8 Å². The Morgan fingerprint density at radius 2 is 1.95 bits per heavy atom. The highest BCUT2D eigenvalue weighted by Crippen LogP contribution is 2.18. The van der Waals surface area contributed by atoms with Crippen LogP contribution < -0.4 is 0 Å². The zero-order valence-electron chi connectivity index (χ0n) is 11.2. The minimum atomic E-state index is -0.361. The number of hydrogen-bond donors (Lipinski definition) is 0. The number of nitrogens with zero attached hydrogens (tertiary/aromatic N) is 2. The fraction of sp³-hybridized carbons (Fsp3) is 0.571. The van der Waals surface area contributed by atoms with Crippen molar-refractivity contribution in [2.24, 2.45) is 0 Å². The van der Waals surface area contributed by atoms with Crippen molar-refractivity contribution in [2.75, 3.05) is 19.8 Å². The molecule has 0 unspecified atom stereocenters. The molecule has 0 spiro atoms. The molecular weight excluding hydrogens is 244 g/mol. The van der Waals surface area contributed by atoms with E-state index in [0.29, 0.717) is 6.04 Å². The average Bonchev–Trinajstić information content (AvgIpc) is 2.46. The minimum Gasteiger partial charge on any atom is -0.381 e. The van der Waals surface area contributed by atoms with Crippen LogP contribution in [0, 0.1) is 10.1 Å². The lowest BCUT2D eigenvalue weighted by atomic mass is 10.1. The van der Waals surface area contributed by atoms with Gasteiger partial charge in [-0.2, -0.15) is 0 Å². The maximum absolute atomic E-state index is 10.6. The van der Waals surface area contributed by atoms with Gasteiger partial charge in [-0.25, -0.2) is 0 Å². The molecule has 0 amide bonds. The number of benzene rings is 1. The van der Waals surface area contributed by atoms with Crippen molar-refractivity contribution in [3.05, 3.63) is 39.9 Å². The molecule has 0 N–H and O–H groups in total. The van der Waals surface area contributed by atoms with Gasteiger partial charge in [-0.15, -0.1) is 0 Å². The summed E-state index contributed by atoms with van der Waals surface area (Å²) in [5, 5.41) is 10.6. The highest BCUT2D eigenvalue weighted by atomic mass is 16.6. The van der Waals surface area contributed by atoms with Crippen LogP contribution in [0.2, 0.25) is 0 Å². The van der Waals surface area contributed by atoms with Gasteiger partial charge in [0, 0.05) is 37.9 Å². The van der Waals surface area contributed by atoms with Crippen LogP contribution in [-0.4, -0.2) is 35.6 Å². The Labute approximate surface area is 113 Å². The van der Waals surface area contributed by atoms with E-state index in [-0.39, 0.29) is 10.6 Å². The predicted octanol–water partition coefficient (Wildman–Crippen LogP) is 2.60. The number of ether oxygens (including phenoxy) is 1. The summed E-state index contributed by atoms with van der Waals surface area (Å²) in [5.74, 6) is 0. The van der Waals surface area contributed by atoms with E-state index in [1.807, 2.05) is 12.1 Å². The SMILES string of the molecule is CCN(Cc1ccc([N+](=O)[O-])cc1)C1CCOCC1. The van der Waals surface area contributed by atoms with E-state index in [1.165, 1.54) is 0 Å². The fourth-order valence-corrected chi connectivity index (χ4v) is 2.51. The highest BCUT2D eigenvalue weighted by molar-refractivity contribution is 5.32. The van der Waals surface area contributed by atoms with E-state index < -0.39 is 0 Å². The summed E-state index contributed by atoms with van der Waals surface area (Å²) in [4.78, 5) is 12.7. The lowest BCUT2D eigenvalue weighted by Crippen LogP contribution is -2.38. The topological polar surface area (TPSA) is 55.6 Å². The molecule has 0 saturated carbocycles. The molecule has 1 saturated heterocycles. The lowest BCUT2D eigenvalue weighted by molar-refractivity contribution is -0.384. The third-order valence-corrected chi connectivity index (χ3v) is 3.65. The van der Waals surface area contributed by atoms with Crippen LogP contribution in [0.25, 0.3) is 0 Å². The first kappa shape index (κ1) is 14.0. The van der Waals surface area contributed by atoms with Crippen LogP contribution in [0.4, 0.5) is 5.69 Å². The Hall–Kier alpha value is -1.46. The second-order valence-corrected chi connectivity index (χ2v) is 4.83. The maximum atomic E-state index is 10.6. The molecule has 0 bridgehead atoms. The third kappa shape index (κ3) is 3.75. The Bertz CT molecular complexity index is 413. The lowest BCUT2D eigenvalue weighted by Gasteiger charge is -2.33. The molecule has 2 rings (SSSR count). The molecule has 1 heterocycles. The van der Waals surface area contributed by atoms with E-state index >= 15 is 0 Å². The molecule has 104 valence electrons. The molecule has 1 fully saturated rings. The number of non-ortho nitro benzene ring substituents is 1. The van der Waals surface area contributed by atoms with Gasteiger partial charge in [-0.05, 0) is 24.9 Å². The molecule has 19 heavy (non-hydrogen) atoms. The third-order valence-electron chi connectivity index (χ3n) is 3.65. The molecule has 0 aliphatic carbocycles. The number of nitro benzene ring substituents is 1. The van der Waals surface area contributed by atoms with Gasteiger partial charge in [0.25, 0.3) is 5.69 Å².